The van der Waals surface area contributed by atoms with E-state index < -0.39 is 10.0 Å². The van der Waals surface area contributed by atoms with E-state index in [-0.39, 0.29) is 17.2 Å². The summed E-state index contributed by atoms with van der Waals surface area (Å²) in [5.74, 6) is -0.246. The lowest BCUT2D eigenvalue weighted by Gasteiger charge is -2.13. The Kier molecular flexibility index (Phi) is 5.81. The van der Waals surface area contributed by atoms with Crippen LogP contribution in [0.25, 0.3) is 0 Å². The molecular formula is C20H21N3O3S2. The molecule has 2 N–H and O–H groups in total. The maximum Gasteiger partial charge on any atom is 0.262 e. The molecule has 0 aliphatic carbocycles. The van der Waals surface area contributed by atoms with Gasteiger partial charge in [0.25, 0.3) is 10.0 Å². The Morgan fingerprint density at radius 2 is 1.86 bits per heavy atom. The van der Waals surface area contributed by atoms with Gasteiger partial charge in [-0.15, -0.1) is 11.3 Å². The molecule has 146 valence electrons. The highest BCUT2D eigenvalue weighted by molar-refractivity contribution is 7.92. The first-order chi connectivity index (χ1) is 13.2. The topological polar surface area (TPSA) is 88.2 Å². The van der Waals surface area contributed by atoms with E-state index >= 15 is 0 Å². The lowest BCUT2D eigenvalue weighted by Crippen LogP contribution is -2.17. The van der Waals surface area contributed by atoms with Crippen molar-refractivity contribution in [2.45, 2.75) is 32.1 Å². The largest absolute Gasteiger partial charge is 0.326 e. The Balaban J connectivity index is 1.79. The Hall–Kier alpha value is -2.71. The zero-order valence-electron chi connectivity index (χ0n) is 15.8. The van der Waals surface area contributed by atoms with Gasteiger partial charge in [0.2, 0.25) is 5.91 Å². The van der Waals surface area contributed by atoms with E-state index in [1.54, 1.807) is 37.3 Å². The van der Waals surface area contributed by atoms with Gasteiger partial charge < -0.3 is 5.32 Å². The summed E-state index contributed by atoms with van der Waals surface area (Å²) in [6.07, 6.45) is 0.141. The second-order valence-electron chi connectivity index (χ2n) is 6.54. The van der Waals surface area contributed by atoms with Gasteiger partial charge in [-0.2, -0.15) is 0 Å². The molecule has 0 radical (unpaired) electrons. The minimum absolute atomic E-state index is 0.122. The maximum absolute atomic E-state index is 12.8. The lowest BCUT2D eigenvalue weighted by atomic mass is 10.2. The highest BCUT2D eigenvalue weighted by atomic mass is 32.2. The molecule has 0 atom stereocenters. The van der Waals surface area contributed by atoms with Crippen molar-refractivity contribution in [1.29, 1.82) is 0 Å². The molecule has 8 heteroatoms. The first kappa shape index (κ1) is 20.0. The fourth-order valence-electron chi connectivity index (χ4n) is 2.75. The highest BCUT2D eigenvalue weighted by Gasteiger charge is 2.18. The Morgan fingerprint density at radius 3 is 2.54 bits per heavy atom. The van der Waals surface area contributed by atoms with Gasteiger partial charge in [-0.05, 0) is 56.2 Å². The number of aromatic nitrogens is 1. The summed E-state index contributed by atoms with van der Waals surface area (Å²) in [5, 5.41) is 5.48. The van der Waals surface area contributed by atoms with Gasteiger partial charge in [0.1, 0.15) is 0 Å². The Morgan fingerprint density at radius 1 is 1.07 bits per heavy atom. The van der Waals surface area contributed by atoms with Crippen LogP contribution >= 0.6 is 11.3 Å². The van der Waals surface area contributed by atoms with Crippen LogP contribution in [0, 0.1) is 20.8 Å². The highest BCUT2D eigenvalue weighted by Crippen LogP contribution is 2.23. The molecule has 28 heavy (non-hydrogen) atoms. The van der Waals surface area contributed by atoms with Crippen LogP contribution < -0.4 is 10.0 Å². The number of carbonyl (C=O) groups excluding carboxylic acids is 1. The first-order valence-electron chi connectivity index (χ1n) is 8.64. The van der Waals surface area contributed by atoms with Gasteiger partial charge >= 0.3 is 0 Å². The van der Waals surface area contributed by atoms with Crippen molar-refractivity contribution in [2.24, 2.45) is 0 Å². The van der Waals surface area contributed by atoms with E-state index in [2.05, 4.69) is 15.0 Å². The normalized spacial score (nSPS) is 11.2. The molecule has 0 unspecified atom stereocenters. The Bertz CT molecular complexity index is 1120. The number of sulfonamides is 1. The summed E-state index contributed by atoms with van der Waals surface area (Å²) < 4.78 is 28.3. The number of hydrogen-bond acceptors (Lipinski definition) is 5. The average molecular weight is 416 g/mol. The van der Waals surface area contributed by atoms with E-state index in [4.69, 9.17) is 0 Å². The van der Waals surface area contributed by atoms with Crippen molar-refractivity contribution >= 4 is 38.6 Å². The number of thiazole rings is 1. The van der Waals surface area contributed by atoms with Gasteiger partial charge in [0.05, 0.1) is 22.0 Å². The number of hydrogen-bond donors (Lipinski definition) is 2. The van der Waals surface area contributed by atoms with Crippen LogP contribution in [0.4, 0.5) is 11.4 Å². The summed E-state index contributed by atoms with van der Waals surface area (Å²) in [7, 11) is -3.79. The third-order valence-corrected chi connectivity index (χ3v) is 6.39. The van der Waals surface area contributed by atoms with Crippen LogP contribution in [-0.4, -0.2) is 19.3 Å². The molecule has 3 aromatic rings. The number of nitrogens with one attached hydrogen (secondary N) is 2. The summed E-state index contributed by atoms with van der Waals surface area (Å²) in [6, 6.07) is 12.0. The van der Waals surface area contributed by atoms with Crippen molar-refractivity contribution in [2.75, 3.05) is 10.0 Å². The van der Waals surface area contributed by atoms with Crippen LogP contribution in [0.15, 0.2) is 52.7 Å². The molecule has 0 saturated heterocycles. The van der Waals surface area contributed by atoms with Crippen molar-refractivity contribution in [3.8, 4) is 0 Å². The van der Waals surface area contributed by atoms with E-state index in [1.165, 1.54) is 17.4 Å². The molecule has 0 spiro atoms. The van der Waals surface area contributed by atoms with Crippen LogP contribution in [0.1, 0.15) is 21.8 Å². The quantitative estimate of drug-likeness (QED) is 0.636. The van der Waals surface area contributed by atoms with Gasteiger partial charge in [-0.3, -0.25) is 9.52 Å². The zero-order chi connectivity index (χ0) is 20.3. The zero-order valence-corrected chi connectivity index (χ0v) is 17.4. The molecule has 6 nitrogen and oxygen atoms in total. The van der Waals surface area contributed by atoms with Gasteiger partial charge in [-0.25, -0.2) is 13.4 Å². The molecule has 1 aromatic heterocycles. The van der Waals surface area contributed by atoms with Crippen molar-refractivity contribution in [3.63, 3.8) is 0 Å². The smallest absolute Gasteiger partial charge is 0.262 e. The van der Waals surface area contributed by atoms with E-state index in [0.29, 0.717) is 22.6 Å². The Labute approximate surface area is 168 Å². The summed E-state index contributed by atoms with van der Waals surface area (Å²) in [5.41, 5.74) is 3.16. The van der Waals surface area contributed by atoms with Crippen molar-refractivity contribution < 1.29 is 13.2 Å². The molecule has 0 fully saturated rings. The van der Waals surface area contributed by atoms with Crippen LogP contribution in [0.3, 0.4) is 0 Å². The fourth-order valence-corrected chi connectivity index (χ4v) is 4.68. The minimum Gasteiger partial charge on any atom is -0.326 e. The predicted molar refractivity (Wildman–Crippen MR) is 112 cm³/mol. The van der Waals surface area contributed by atoms with Gasteiger partial charge in [0.15, 0.2) is 0 Å². The summed E-state index contributed by atoms with van der Waals surface area (Å²) in [4.78, 5) is 16.6. The van der Waals surface area contributed by atoms with E-state index in [9.17, 15) is 13.2 Å². The van der Waals surface area contributed by atoms with Crippen LogP contribution in [0.2, 0.25) is 0 Å². The van der Waals surface area contributed by atoms with Crippen LogP contribution in [0.5, 0.6) is 0 Å². The van der Waals surface area contributed by atoms with E-state index in [0.717, 1.165) is 10.6 Å². The molecule has 0 aliphatic heterocycles. The third kappa shape index (κ3) is 4.96. The lowest BCUT2D eigenvalue weighted by molar-refractivity contribution is -0.115. The maximum atomic E-state index is 12.8. The molecule has 1 amide bonds. The second-order valence-corrected chi connectivity index (χ2v) is 9.25. The number of anilines is 2. The minimum atomic E-state index is -3.79. The fraction of sp³-hybridized carbons (Fsp3) is 0.200. The number of carbonyl (C=O) groups is 1. The molecule has 0 saturated carbocycles. The summed E-state index contributed by atoms with van der Waals surface area (Å²) >= 11 is 1.48. The number of rotatable bonds is 6. The molecule has 3 rings (SSSR count). The monoisotopic (exact) mass is 415 g/mol. The van der Waals surface area contributed by atoms with Crippen molar-refractivity contribution in [1.82, 2.24) is 4.98 Å². The number of benzene rings is 2. The number of aryl methyl sites for hydroxylation is 3. The van der Waals surface area contributed by atoms with Gasteiger partial charge in [-0.1, -0.05) is 18.2 Å². The molecular weight excluding hydrogens is 394 g/mol. The average Bonchev–Trinajstić information content (AvgIpc) is 3.00. The molecule has 0 aliphatic rings. The molecule has 1 heterocycles. The standard InChI is InChI=1S/C20H21N3O3S2/c1-13-5-4-6-17(9-13)23-28(25,26)19-10-16(8-7-14(19)2)22-20(24)11-18-12-27-15(3)21-18/h4-10,12,23H,11H2,1-3H3,(H,22,24). The number of nitrogens with zero attached hydrogens (tertiary/aromatic N) is 1. The SMILES string of the molecule is Cc1cccc(NS(=O)(=O)c2cc(NC(=O)Cc3csc(C)n3)ccc2C)c1. The third-order valence-electron chi connectivity index (χ3n) is 4.04. The number of amides is 1. The van der Waals surface area contributed by atoms with Crippen LogP contribution in [-0.2, 0) is 21.2 Å². The van der Waals surface area contributed by atoms with Gasteiger partial charge in [0, 0.05) is 16.8 Å². The molecule has 0 bridgehead atoms. The van der Waals surface area contributed by atoms with Crippen molar-refractivity contribution in [3.05, 3.63) is 69.7 Å². The molecule has 2 aromatic carbocycles. The summed E-state index contributed by atoms with van der Waals surface area (Å²) in [6.45, 7) is 5.49. The second kappa shape index (κ2) is 8.12. The first-order valence-corrected chi connectivity index (χ1v) is 11.0. The van der Waals surface area contributed by atoms with E-state index in [1.807, 2.05) is 25.3 Å². The predicted octanol–water partition coefficient (Wildman–Crippen LogP) is 4.05.